The molecule has 1 heterocycles. The Kier molecular flexibility index (Phi) is 3.74. The lowest BCUT2D eigenvalue weighted by Gasteiger charge is -2.00. The third kappa shape index (κ3) is 3.15. The molecule has 2 aromatic rings. The number of benzene rings is 2. The molecule has 3 nitrogen and oxygen atoms in total. The average Bonchev–Trinajstić information content (AvgIpc) is 2.91. The van der Waals surface area contributed by atoms with Crippen LogP contribution in [0.2, 0.25) is 0 Å². The number of rotatable bonds is 3. The number of nitrogens with zero attached hydrogens (tertiary/aromatic N) is 1. The summed E-state index contributed by atoms with van der Waals surface area (Å²) in [5.74, 6) is 0.229. The van der Waals surface area contributed by atoms with Gasteiger partial charge >= 0.3 is 5.91 Å². The molecule has 0 N–H and O–H groups in total. The van der Waals surface area contributed by atoms with Gasteiger partial charge in [0.2, 0.25) is 5.90 Å². The van der Waals surface area contributed by atoms with Gasteiger partial charge in [-0.15, -0.1) is 0 Å². The molecule has 0 aromatic heterocycles. The van der Waals surface area contributed by atoms with Crippen LogP contribution in [0.5, 0.6) is 0 Å². The van der Waals surface area contributed by atoms with E-state index in [2.05, 4.69) is 4.99 Å². The minimum atomic E-state index is -0.355. The summed E-state index contributed by atoms with van der Waals surface area (Å²) >= 11 is 0. The Morgan fingerprint density at radius 1 is 0.905 bits per heavy atom. The Bertz CT molecular complexity index is 728. The number of ether oxygens (including phenoxy) is 1. The average molecular weight is 275 g/mol. The molecule has 0 unspecified atom stereocenters. The van der Waals surface area contributed by atoms with E-state index < -0.39 is 0 Å². The molecular weight excluding hydrogens is 262 g/mol. The Morgan fingerprint density at radius 3 is 2.29 bits per heavy atom. The van der Waals surface area contributed by atoms with Gasteiger partial charge in [-0.2, -0.15) is 4.99 Å². The van der Waals surface area contributed by atoms with Crippen LogP contribution in [0.3, 0.4) is 0 Å². The lowest BCUT2D eigenvalue weighted by Crippen LogP contribution is -1.99. The second kappa shape index (κ2) is 6.01. The molecule has 0 aliphatic carbocycles. The molecule has 0 spiro atoms. The van der Waals surface area contributed by atoms with E-state index in [0.717, 1.165) is 11.1 Å². The lowest BCUT2D eigenvalue weighted by atomic mass is 10.2. The van der Waals surface area contributed by atoms with Gasteiger partial charge in [-0.3, -0.25) is 4.79 Å². The van der Waals surface area contributed by atoms with Crippen LogP contribution in [0.4, 0.5) is 0 Å². The summed E-state index contributed by atoms with van der Waals surface area (Å²) in [7, 11) is 0. The van der Waals surface area contributed by atoms with Crippen molar-refractivity contribution in [2.45, 2.75) is 0 Å². The molecule has 102 valence electrons. The standard InChI is InChI=1S/C18H13NO2/c20-17-16(13-7-10-14-8-3-1-4-9-14)21-18(19-17)15-11-5-2-6-12-15/h1-13H/b10-7+,16-13+. The maximum atomic E-state index is 11.8. The highest BCUT2D eigenvalue weighted by atomic mass is 16.5. The molecule has 0 fully saturated rings. The van der Waals surface area contributed by atoms with Crippen molar-refractivity contribution >= 4 is 17.9 Å². The van der Waals surface area contributed by atoms with Gasteiger partial charge in [0.15, 0.2) is 5.76 Å². The minimum absolute atomic E-state index is 0.237. The van der Waals surface area contributed by atoms with Crippen LogP contribution in [0, 0.1) is 0 Å². The summed E-state index contributed by atoms with van der Waals surface area (Å²) in [5, 5.41) is 0. The first-order valence-corrected chi connectivity index (χ1v) is 6.62. The summed E-state index contributed by atoms with van der Waals surface area (Å²) in [6, 6.07) is 19.2. The zero-order valence-corrected chi connectivity index (χ0v) is 11.3. The second-order valence-corrected chi connectivity index (χ2v) is 4.49. The number of hydrogen-bond donors (Lipinski definition) is 0. The van der Waals surface area contributed by atoms with Crippen LogP contribution in [-0.4, -0.2) is 11.8 Å². The molecule has 0 saturated heterocycles. The quantitative estimate of drug-likeness (QED) is 0.803. The molecule has 1 amide bonds. The van der Waals surface area contributed by atoms with Crippen LogP contribution >= 0.6 is 0 Å². The van der Waals surface area contributed by atoms with Gasteiger partial charge in [0.1, 0.15) is 0 Å². The highest BCUT2D eigenvalue weighted by Crippen LogP contribution is 2.16. The Morgan fingerprint density at radius 2 is 1.57 bits per heavy atom. The highest BCUT2D eigenvalue weighted by Gasteiger charge is 2.22. The van der Waals surface area contributed by atoms with Gasteiger partial charge < -0.3 is 4.74 Å². The molecule has 21 heavy (non-hydrogen) atoms. The van der Waals surface area contributed by atoms with E-state index in [4.69, 9.17) is 4.74 Å². The van der Waals surface area contributed by atoms with Crippen molar-refractivity contribution in [3.8, 4) is 0 Å². The molecular formula is C18H13NO2. The summed E-state index contributed by atoms with van der Waals surface area (Å²) in [5.41, 5.74) is 1.85. The first-order chi connectivity index (χ1) is 10.3. The van der Waals surface area contributed by atoms with E-state index in [1.54, 1.807) is 12.2 Å². The molecule has 2 aromatic carbocycles. The summed E-state index contributed by atoms with van der Waals surface area (Å²) < 4.78 is 5.51. The van der Waals surface area contributed by atoms with Crippen LogP contribution in [0.15, 0.2) is 83.6 Å². The number of aliphatic imine (C=N–C) groups is 1. The van der Waals surface area contributed by atoms with Crippen molar-refractivity contribution in [2.75, 3.05) is 0 Å². The van der Waals surface area contributed by atoms with Gasteiger partial charge in [0.25, 0.3) is 0 Å². The third-order valence-corrected chi connectivity index (χ3v) is 2.98. The van der Waals surface area contributed by atoms with Gasteiger partial charge in [-0.25, -0.2) is 0 Å². The van der Waals surface area contributed by atoms with E-state index in [1.807, 2.05) is 66.7 Å². The van der Waals surface area contributed by atoms with Crippen LogP contribution in [0.1, 0.15) is 11.1 Å². The van der Waals surface area contributed by atoms with E-state index in [0.29, 0.717) is 5.90 Å². The van der Waals surface area contributed by atoms with Crippen molar-refractivity contribution in [3.63, 3.8) is 0 Å². The maximum absolute atomic E-state index is 11.8. The normalized spacial score (nSPS) is 16.3. The van der Waals surface area contributed by atoms with E-state index >= 15 is 0 Å². The summed E-state index contributed by atoms with van der Waals surface area (Å²) in [4.78, 5) is 15.7. The topological polar surface area (TPSA) is 38.7 Å². The number of amides is 1. The Hall–Kier alpha value is -2.94. The van der Waals surface area contributed by atoms with Crippen molar-refractivity contribution in [1.29, 1.82) is 0 Å². The number of carbonyl (C=O) groups excluding carboxylic acids is 1. The molecule has 0 atom stereocenters. The van der Waals surface area contributed by atoms with Crippen molar-refractivity contribution in [3.05, 3.63) is 89.7 Å². The van der Waals surface area contributed by atoms with Gasteiger partial charge in [-0.05, 0) is 23.8 Å². The Balaban J connectivity index is 1.73. The number of allylic oxidation sites excluding steroid dienone is 2. The smallest absolute Gasteiger partial charge is 0.316 e. The monoisotopic (exact) mass is 275 g/mol. The molecule has 0 radical (unpaired) electrons. The van der Waals surface area contributed by atoms with Gasteiger partial charge in [-0.1, -0.05) is 60.7 Å². The third-order valence-electron chi connectivity index (χ3n) is 2.98. The maximum Gasteiger partial charge on any atom is 0.316 e. The first kappa shape index (κ1) is 13.1. The van der Waals surface area contributed by atoms with Crippen molar-refractivity contribution < 1.29 is 9.53 Å². The van der Waals surface area contributed by atoms with E-state index in [9.17, 15) is 4.79 Å². The molecule has 1 aliphatic heterocycles. The molecule has 0 bridgehead atoms. The van der Waals surface area contributed by atoms with E-state index in [1.165, 1.54) is 0 Å². The zero-order valence-electron chi connectivity index (χ0n) is 11.3. The first-order valence-electron chi connectivity index (χ1n) is 6.62. The summed E-state index contributed by atoms with van der Waals surface area (Å²) in [6.07, 6.45) is 5.32. The SMILES string of the molecule is O=C1N=C(c2ccccc2)O/C1=C/C=C/c1ccccc1. The molecule has 0 saturated carbocycles. The zero-order chi connectivity index (χ0) is 14.5. The van der Waals surface area contributed by atoms with Crippen LogP contribution in [0.25, 0.3) is 6.08 Å². The minimum Gasteiger partial charge on any atom is -0.432 e. The van der Waals surface area contributed by atoms with Crippen LogP contribution in [-0.2, 0) is 9.53 Å². The number of hydrogen-bond acceptors (Lipinski definition) is 2. The summed E-state index contributed by atoms with van der Waals surface area (Å²) in [6.45, 7) is 0. The molecule has 1 aliphatic rings. The van der Waals surface area contributed by atoms with Crippen molar-refractivity contribution in [1.82, 2.24) is 0 Å². The lowest BCUT2D eigenvalue weighted by molar-refractivity contribution is -0.115. The fraction of sp³-hybridized carbons (Fsp3) is 0. The van der Waals surface area contributed by atoms with Gasteiger partial charge in [0, 0.05) is 5.56 Å². The largest absolute Gasteiger partial charge is 0.432 e. The predicted octanol–water partition coefficient (Wildman–Crippen LogP) is 3.59. The van der Waals surface area contributed by atoms with Crippen molar-refractivity contribution in [2.24, 2.45) is 4.99 Å². The van der Waals surface area contributed by atoms with Gasteiger partial charge in [0.05, 0.1) is 0 Å². The fourth-order valence-corrected chi connectivity index (χ4v) is 1.94. The molecule has 3 rings (SSSR count). The fourth-order valence-electron chi connectivity index (χ4n) is 1.94. The predicted molar refractivity (Wildman–Crippen MR) is 82.6 cm³/mol. The Labute approximate surface area is 122 Å². The highest BCUT2D eigenvalue weighted by molar-refractivity contribution is 6.12. The van der Waals surface area contributed by atoms with Crippen LogP contribution < -0.4 is 0 Å². The molecule has 3 heteroatoms. The van der Waals surface area contributed by atoms with E-state index in [-0.39, 0.29) is 11.7 Å². The number of carbonyl (C=O) groups is 1. The second-order valence-electron chi connectivity index (χ2n) is 4.49.